The van der Waals surface area contributed by atoms with Crippen LogP contribution in [-0.4, -0.2) is 28.1 Å². The number of carbonyl (C=O) groups is 1. The molecule has 0 radical (unpaired) electrons. The molecule has 0 saturated heterocycles. The first-order valence-corrected chi connectivity index (χ1v) is 6.67. The molecule has 7 heteroatoms. The number of amides is 1. The molecule has 0 saturated carbocycles. The van der Waals surface area contributed by atoms with Crippen LogP contribution in [0.2, 0.25) is 5.15 Å². The molecule has 0 aliphatic heterocycles. The van der Waals surface area contributed by atoms with E-state index in [1.54, 1.807) is 25.6 Å². The van der Waals surface area contributed by atoms with Crippen molar-refractivity contribution in [3.8, 4) is 0 Å². The number of anilines is 1. The Morgan fingerprint density at radius 1 is 1.53 bits per heavy atom. The van der Waals surface area contributed by atoms with Crippen LogP contribution in [0.4, 0.5) is 5.69 Å². The van der Waals surface area contributed by atoms with E-state index in [0.29, 0.717) is 15.7 Å². The average molecular weight is 293 g/mol. The molecule has 0 fully saturated rings. The smallest absolute Gasteiger partial charge is 0.268 e. The van der Waals surface area contributed by atoms with E-state index in [4.69, 9.17) is 11.6 Å². The van der Waals surface area contributed by atoms with Crippen LogP contribution in [0.25, 0.3) is 10.1 Å². The van der Waals surface area contributed by atoms with Crippen LogP contribution in [-0.2, 0) is 0 Å². The van der Waals surface area contributed by atoms with Gasteiger partial charge >= 0.3 is 0 Å². The van der Waals surface area contributed by atoms with Gasteiger partial charge in [-0.25, -0.2) is 4.98 Å². The molecule has 0 atom stereocenters. The van der Waals surface area contributed by atoms with Crippen LogP contribution in [0, 0.1) is 0 Å². The maximum Gasteiger partial charge on any atom is 0.268 e. The predicted molar refractivity (Wildman–Crippen MR) is 76.0 cm³/mol. The number of halogens is 1. The average Bonchev–Trinajstić information content (AvgIpc) is 3.06. The summed E-state index contributed by atoms with van der Waals surface area (Å²) in [6, 6.07) is 3.67. The number of hydrogen-bond donors (Lipinski definition) is 1. The number of aromatic nitrogens is 3. The van der Waals surface area contributed by atoms with Gasteiger partial charge in [0.1, 0.15) is 5.15 Å². The van der Waals surface area contributed by atoms with Gasteiger partial charge in [0.25, 0.3) is 5.91 Å². The minimum atomic E-state index is -0.0985. The van der Waals surface area contributed by atoms with Crippen LogP contribution < -0.4 is 4.90 Å². The van der Waals surface area contributed by atoms with Gasteiger partial charge in [0.15, 0.2) is 0 Å². The minimum Gasteiger partial charge on any atom is -0.308 e. The van der Waals surface area contributed by atoms with Crippen molar-refractivity contribution in [1.29, 1.82) is 0 Å². The molecule has 0 aromatic carbocycles. The van der Waals surface area contributed by atoms with Crippen molar-refractivity contribution in [2.45, 2.75) is 0 Å². The molecule has 19 heavy (non-hydrogen) atoms. The molecule has 0 unspecified atom stereocenters. The molecule has 5 nitrogen and oxygen atoms in total. The third kappa shape index (κ3) is 2.09. The molecule has 3 aromatic rings. The largest absolute Gasteiger partial charge is 0.308 e. The van der Waals surface area contributed by atoms with E-state index < -0.39 is 0 Å². The number of nitrogens with one attached hydrogen (secondary N) is 1. The Morgan fingerprint density at radius 2 is 2.37 bits per heavy atom. The second-order valence-electron chi connectivity index (χ2n) is 3.95. The fraction of sp³-hybridized carbons (Fsp3) is 0.0833. The van der Waals surface area contributed by atoms with Gasteiger partial charge in [0.05, 0.1) is 21.5 Å². The Bertz CT molecular complexity index is 737. The molecule has 1 amide bonds. The monoisotopic (exact) mass is 292 g/mol. The second kappa shape index (κ2) is 4.64. The number of fused-ring (bicyclic) bond motifs is 1. The zero-order valence-electron chi connectivity index (χ0n) is 9.92. The lowest BCUT2D eigenvalue weighted by atomic mass is 10.3. The van der Waals surface area contributed by atoms with E-state index >= 15 is 0 Å². The van der Waals surface area contributed by atoms with E-state index in [1.165, 1.54) is 16.2 Å². The summed E-state index contributed by atoms with van der Waals surface area (Å²) in [5.41, 5.74) is 0.715. The highest BCUT2D eigenvalue weighted by atomic mass is 35.5. The molecule has 0 aliphatic carbocycles. The van der Waals surface area contributed by atoms with Crippen molar-refractivity contribution in [2.75, 3.05) is 11.9 Å². The third-order valence-corrected chi connectivity index (χ3v) is 4.32. The van der Waals surface area contributed by atoms with E-state index in [0.717, 1.165) is 10.1 Å². The predicted octanol–water partition coefficient (Wildman–Crippen LogP) is 2.95. The summed E-state index contributed by atoms with van der Waals surface area (Å²) in [7, 11) is 1.71. The summed E-state index contributed by atoms with van der Waals surface area (Å²) in [6.45, 7) is 0. The minimum absolute atomic E-state index is 0.0985. The highest BCUT2D eigenvalue weighted by Crippen LogP contribution is 2.31. The molecule has 3 aromatic heterocycles. The summed E-state index contributed by atoms with van der Waals surface area (Å²) >= 11 is 7.35. The van der Waals surface area contributed by atoms with Crippen molar-refractivity contribution >= 4 is 44.6 Å². The fourth-order valence-electron chi connectivity index (χ4n) is 1.75. The lowest BCUT2D eigenvalue weighted by Gasteiger charge is -2.12. The molecular formula is C12H9ClN4OS. The molecule has 3 heterocycles. The van der Waals surface area contributed by atoms with Crippen molar-refractivity contribution in [3.63, 3.8) is 0 Å². The molecule has 96 valence electrons. The number of carbonyl (C=O) groups excluding carboxylic acids is 1. The van der Waals surface area contributed by atoms with Crippen LogP contribution in [0.1, 0.15) is 9.67 Å². The van der Waals surface area contributed by atoms with Crippen molar-refractivity contribution in [1.82, 2.24) is 15.2 Å². The first-order chi connectivity index (χ1) is 9.16. The van der Waals surface area contributed by atoms with Crippen LogP contribution in [0.15, 0.2) is 30.7 Å². The van der Waals surface area contributed by atoms with E-state index in [1.807, 2.05) is 12.1 Å². The summed E-state index contributed by atoms with van der Waals surface area (Å²) < 4.78 is 0.827. The number of thiophene rings is 1. The lowest BCUT2D eigenvalue weighted by Crippen LogP contribution is -2.24. The summed E-state index contributed by atoms with van der Waals surface area (Å²) in [5, 5.41) is 7.86. The Labute approximate surface area is 117 Å². The van der Waals surface area contributed by atoms with Gasteiger partial charge in [-0.2, -0.15) is 5.10 Å². The molecule has 0 aliphatic rings. The standard InChI is InChI=1S/C12H9ClN4OS/c1-17(8-5-15-16-6-8)12(18)9-4-7-2-3-14-11(13)10(7)19-9/h2-6H,1H3,(H,15,16). The Balaban J connectivity index is 2.00. The van der Waals surface area contributed by atoms with Crippen LogP contribution >= 0.6 is 22.9 Å². The van der Waals surface area contributed by atoms with Crippen molar-refractivity contribution in [2.24, 2.45) is 0 Å². The third-order valence-electron chi connectivity index (χ3n) is 2.78. The SMILES string of the molecule is CN(C(=O)c1cc2ccnc(Cl)c2s1)c1cn[nH]c1. The molecule has 3 rings (SSSR count). The maximum atomic E-state index is 12.4. The van der Waals surface area contributed by atoms with Crippen LogP contribution in [0.5, 0.6) is 0 Å². The van der Waals surface area contributed by atoms with Gasteiger partial charge in [-0.1, -0.05) is 11.6 Å². The summed E-state index contributed by atoms with van der Waals surface area (Å²) in [6.07, 6.45) is 4.89. The summed E-state index contributed by atoms with van der Waals surface area (Å²) in [5.74, 6) is -0.0985. The first-order valence-electron chi connectivity index (χ1n) is 5.47. The van der Waals surface area contributed by atoms with Gasteiger partial charge in [-0.3, -0.25) is 9.89 Å². The topological polar surface area (TPSA) is 61.9 Å². The van der Waals surface area contributed by atoms with Crippen LogP contribution in [0.3, 0.4) is 0 Å². The zero-order valence-corrected chi connectivity index (χ0v) is 11.5. The normalized spacial score (nSPS) is 10.8. The Morgan fingerprint density at radius 3 is 3.05 bits per heavy atom. The van der Waals surface area contributed by atoms with Gasteiger partial charge in [-0.15, -0.1) is 11.3 Å². The van der Waals surface area contributed by atoms with E-state index in [2.05, 4.69) is 15.2 Å². The Hall–Kier alpha value is -1.92. The number of nitrogens with zero attached hydrogens (tertiary/aromatic N) is 3. The number of pyridine rings is 1. The van der Waals surface area contributed by atoms with E-state index in [9.17, 15) is 4.79 Å². The second-order valence-corrected chi connectivity index (χ2v) is 5.36. The number of hydrogen-bond acceptors (Lipinski definition) is 4. The lowest BCUT2D eigenvalue weighted by molar-refractivity contribution is 0.0997. The molecule has 1 N–H and O–H groups in total. The van der Waals surface area contributed by atoms with Gasteiger partial charge in [0, 0.05) is 19.4 Å². The molecular weight excluding hydrogens is 284 g/mol. The van der Waals surface area contributed by atoms with E-state index in [-0.39, 0.29) is 5.91 Å². The van der Waals surface area contributed by atoms with Gasteiger partial charge < -0.3 is 4.90 Å². The zero-order chi connectivity index (χ0) is 13.4. The van der Waals surface area contributed by atoms with Gasteiger partial charge in [-0.05, 0) is 17.5 Å². The van der Waals surface area contributed by atoms with Gasteiger partial charge in [0.2, 0.25) is 0 Å². The maximum absolute atomic E-state index is 12.4. The highest BCUT2D eigenvalue weighted by molar-refractivity contribution is 7.21. The fourth-order valence-corrected chi connectivity index (χ4v) is 3.04. The quantitative estimate of drug-likeness (QED) is 0.739. The van der Waals surface area contributed by atoms with Crippen molar-refractivity contribution < 1.29 is 4.79 Å². The Kier molecular flexibility index (Phi) is 2.96. The molecule has 0 bridgehead atoms. The number of H-pyrrole nitrogens is 1. The molecule has 0 spiro atoms. The number of rotatable bonds is 2. The first kappa shape index (κ1) is 12.1. The highest BCUT2D eigenvalue weighted by Gasteiger charge is 2.17. The number of aromatic amines is 1. The summed E-state index contributed by atoms with van der Waals surface area (Å²) in [4.78, 5) is 18.5. The van der Waals surface area contributed by atoms with Crippen molar-refractivity contribution in [3.05, 3.63) is 40.8 Å².